The first-order valence-corrected chi connectivity index (χ1v) is 7.01. The molecular formula is C13H15NO4S. The molecule has 0 saturated heterocycles. The maximum absolute atomic E-state index is 12.0. The molecule has 0 aromatic heterocycles. The third kappa shape index (κ3) is 3.56. The third-order valence-electron chi connectivity index (χ3n) is 2.57. The summed E-state index contributed by atoms with van der Waals surface area (Å²) in [5.41, 5.74) is 1.00. The Hall–Kier alpha value is -1.84. The van der Waals surface area contributed by atoms with Crippen molar-refractivity contribution in [1.29, 1.82) is 0 Å². The van der Waals surface area contributed by atoms with Gasteiger partial charge >= 0.3 is 5.97 Å². The van der Waals surface area contributed by atoms with Gasteiger partial charge < -0.3 is 5.11 Å². The molecule has 1 aromatic rings. The van der Waals surface area contributed by atoms with Crippen LogP contribution in [0.4, 0.5) is 0 Å². The number of carbonyl (C=O) groups is 1. The van der Waals surface area contributed by atoms with Gasteiger partial charge in [-0.2, -0.15) is 4.72 Å². The number of aromatic carboxylic acids is 1. The van der Waals surface area contributed by atoms with Crippen molar-refractivity contribution in [3.63, 3.8) is 0 Å². The Bertz CT molecular complexity index is 666. The lowest BCUT2D eigenvalue weighted by Crippen LogP contribution is -2.25. The van der Waals surface area contributed by atoms with Crippen molar-refractivity contribution in [2.24, 2.45) is 0 Å². The molecule has 0 spiro atoms. The molecule has 0 aliphatic heterocycles. The van der Waals surface area contributed by atoms with Crippen LogP contribution in [0.2, 0.25) is 0 Å². The van der Waals surface area contributed by atoms with Gasteiger partial charge in [0.05, 0.1) is 17.0 Å². The summed E-state index contributed by atoms with van der Waals surface area (Å²) in [6, 6.07) is 2.72. The van der Waals surface area contributed by atoms with Crippen molar-refractivity contribution in [3.05, 3.63) is 28.8 Å². The molecule has 0 unspecified atom stereocenters. The van der Waals surface area contributed by atoms with Crippen LogP contribution in [0.25, 0.3) is 0 Å². The zero-order chi connectivity index (χ0) is 14.6. The topological polar surface area (TPSA) is 83.5 Å². The lowest BCUT2D eigenvalue weighted by atomic mass is 10.1. The monoisotopic (exact) mass is 281 g/mol. The van der Waals surface area contributed by atoms with Gasteiger partial charge in [-0.25, -0.2) is 13.2 Å². The standard InChI is InChI=1S/C13H15NO4S/c1-4-5-6-14-19(17,18)12-8-11(13(15)16)9(2)7-10(12)3/h7-8,14H,6H2,1-3H3,(H,15,16). The fraction of sp³-hybridized carbons (Fsp3) is 0.308. The minimum absolute atomic E-state index is 0.00540. The van der Waals surface area contributed by atoms with Crippen LogP contribution < -0.4 is 4.72 Å². The summed E-state index contributed by atoms with van der Waals surface area (Å²) in [6.07, 6.45) is 0. The first-order valence-electron chi connectivity index (χ1n) is 5.53. The Morgan fingerprint density at radius 2 is 1.95 bits per heavy atom. The summed E-state index contributed by atoms with van der Waals surface area (Å²) in [5.74, 6) is 4.01. The van der Waals surface area contributed by atoms with E-state index in [1.807, 2.05) is 0 Å². The molecule has 0 radical (unpaired) electrons. The maximum atomic E-state index is 12.0. The zero-order valence-corrected chi connectivity index (χ0v) is 11.8. The second-order valence-corrected chi connectivity index (χ2v) is 5.72. The number of carboxylic acid groups (broad SMARTS) is 1. The molecular weight excluding hydrogens is 266 g/mol. The molecule has 0 amide bonds. The fourth-order valence-electron chi connectivity index (χ4n) is 1.65. The second kappa shape index (κ2) is 5.87. The van der Waals surface area contributed by atoms with E-state index in [2.05, 4.69) is 16.6 Å². The molecule has 5 nitrogen and oxygen atoms in total. The van der Waals surface area contributed by atoms with Crippen molar-refractivity contribution in [3.8, 4) is 11.8 Å². The lowest BCUT2D eigenvalue weighted by Gasteiger charge is -2.10. The summed E-state index contributed by atoms with van der Waals surface area (Å²) in [7, 11) is -3.75. The van der Waals surface area contributed by atoms with Gasteiger partial charge in [-0.05, 0) is 38.0 Å². The van der Waals surface area contributed by atoms with Gasteiger partial charge in [0.25, 0.3) is 0 Å². The molecule has 0 atom stereocenters. The molecule has 2 N–H and O–H groups in total. The number of hydrogen-bond donors (Lipinski definition) is 2. The van der Waals surface area contributed by atoms with Gasteiger partial charge in [-0.1, -0.05) is 12.0 Å². The van der Waals surface area contributed by atoms with Crippen LogP contribution in [0.3, 0.4) is 0 Å². The van der Waals surface area contributed by atoms with Gasteiger partial charge in [-0.15, -0.1) is 5.92 Å². The summed E-state index contributed by atoms with van der Waals surface area (Å²) >= 11 is 0. The summed E-state index contributed by atoms with van der Waals surface area (Å²) in [4.78, 5) is 11.0. The molecule has 102 valence electrons. The molecule has 1 rings (SSSR count). The number of aryl methyl sites for hydroxylation is 2. The van der Waals surface area contributed by atoms with E-state index in [1.54, 1.807) is 26.8 Å². The summed E-state index contributed by atoms with van der Waals surface area (Å²) < 4.78 is 26.4. The number of sulfonamides is 1. The fourth-order valence-corrected chi connectivity index (χ4v) is 2.82. The Kier molecular flexibility index (Phi) is 4.70. The van der Waals surface area contributed by atoms with E-state index < -0.39 is 16.0 Å². The quantitative estimate of drug-likeness (QED) is 0.815. The number of carboxylic acids is 1. The molecule has 0 heterocycles. The normalized spacial score (nSPS) is 10.7. The number of nitrogens with one attached hydrogen (secondary N) is 1. The highest BCUT2D eigenvalue weighted by Gasteiger charge is 2.19. The van der Waals surface area contributed by atoms with Crippen LogP contribution in [0, 0.1) is 25.7 Å². The first kappa shape index (κ1) is 15.2. The smallest absolute Gasteiger partial charge is 0.335 e. The van der Waals surface area contributed by atoms with E-state index in [-0.39, 0.29) is 17.0 Å². The van der Waals surface area contributed by atoms with E-state index in [0.29, 0.717) is 11.1 Å². The van der Waals surface area contributed by atoms with Crippen LogP contribution in [0.15, 0.2) is 17.0 Å². The van der Waals surface area contributed by atoms with Crippen LogP contribution in [-0.2, 0) is 10.0 Å². The maximum Gasteiger partial charge on any atom is 0.335 e. The van der Waals surface area contributed by atoms with Crippen LogP contribution in [-0.4, -0.2) is 26.0 Å². The zero-order valence-electron chi connectivity index (χ0n) is 10.9. The molecule has 0 aliphatic rings. The van der Waals surface area contributed by atoms with Crippen molar-refractivity contribution >= 4 is 16.0 Å². The SMILES string of the molecule is CC#CCNS(=O)(=O)c1cc(C(=O)O)c(C)cc1C. The average molecular weight is 281 g/mol. The second-order valence-electron chi connectivity index (χ2n) is 3.99. The minimum Gasteiger partial charge on any atom is -0.478 e. The minimum atomic E-state index is -3.75. The largest absolute Gasteiger partial charge is 0.478 e. The van der Waals surface area contributed by atoms with Gasteiger partial charge in [0.2, 0.25) is 10.0 Å². The highest BCUT2D eigenvalue weighted by molar-refractivity contribution is 7.89. The summed E-state index contributed by atoms with van der Waals surface area (Å²) in [6.45, 7) is 4.85. The van der Waals surface area contributed by atoms with Crippen LogP contribution in [0.1, 0.15) is 28.4 Å². The first-order chi connectivity index (χ1) is 8.79. The highest BCUT2D eigenvalue weighted by atomic mass is 32.2. The van der Waals surface area contributed by atoms with E-state index in [4.69, 9.17) is 5.11 Å². The van der Waals surface area contributed by atoms with Crippen molar-refractivity contribution in [2.45, 2.75) is 25.7 Å². The van der Waals surface area contributed by atoms with Gasteiger partial charge in [0.1, 0.15) is 0 Å². The van der Waals surface area contributed by atoms with Crippen LogP contribution in [0.5, 0.6) is 0 Å². The summed E-state index contributed by atoms with van der Waals surface area (Å²) in [5, 5.41) is 9.02. The van der Waals surface area contributed by atoms with Crippen molar-refractivity contribution in [2.75, 3.05) is 6.54 Å². The molecule has 6 heteroatoms. The van der Waals surface area contributed by atoms with E-state index >= 15 is 0 Å². The number of hydrogen-bond acceptors (Lipinski definition) is 3. The van der Waals surface area contributed by atoms with Gasteiger partial charge in [0.15, 0.2) is 0 Å². The van der Waals surface area contributed by atoms with E-state index in [1.165, 1.54) is 6.07 Å². The van der Waals surface area contributed by atoms with Gasteiger partial charge in [0, 0.05) is 0 Å². The van der Waals surface area contributed by atoms with E-state index in [0.717, 1.165) is 0 Å². The Labute approximate surface area is 112 Å². The van der Waals surface area contributed by atoms with E-state index in [9.17, 15) is 13.2 Å². The number of rotatable bonds is 4. The molecule has 0 fully saturated rings. The molecule has 1 aromatic carbocycles. The Morgan fingerprint density at radius 3 is 2.47 bits per heavy atom. The molecule has 0 bridgehead atoms. The Balaban J connectivity index is 3.29. The third-order valence-corrected chi connectivity index (χ3v) is 4.11. The predicted octanol–water partition coefficient (Wildman–Crippen LogP) is 1.30. The lowest BCUT2D eigenvalue weighted by molar-refractivity contribution is 0.0696. The average Bonchev–Trinajstić information content (AvgIpc) is 2.28. The van der Waals surface area contributed by atoms with Crippen LogP contribution >= 0.6 is 0 Å². The van der Waals surface area contributed by atoms with Crippen molar-refractivity contribution < 1.29 is 18.3 Å². The van der Waals surface area contributed by atoms with Gasteiger partial charge in [-0.3, -0.25) is 0 Å². The molecule has 0 saturated carbocycles. The molecule has 0 aliphatic carbocycles. The highest BCUT2D eigenvalue weighted by Crippen LogP contribution is 2.20. The molecule has 19 heavy (non-hydrogen) atoms. The Morgan fingerprint density at radius 1 is 1.32 bits per heavy atom. The van der Waals surface area contributed by atoms with Crippen molar-refractivity contribution in [1.82, 2.24) is 4.72 Å². The predicted molar refractivity (Wildman–Crippen MR) is 71.5 cm³/mol. The number of benzene rings is 1.